The number of amides is 1. The summed E-state index contributed by atoms with van der Waals surface area (Å²) in [5.41, 5.74) is -13.1. The molecule has 1 N–H and O–H groups in total. The molecule has 1 rings (SSSR count). The number of carbonyl (C=O) groups is 1. The minimum atomic E-state index is -6.40. The minimum Gasteiger partial charge on any atom is -0.444 e. The van der Waals surface area contributed by atoms with E-state index in [9.17, 15) is 48.0 Å². The van der Waals surface area contributed by atoms with E-state index in [2.05, 4.69) is 13.7 Å². The molecule has 0 saturated carbocycles. The second kappa shape index (κ2) is 8.60. The summed E-state index contributed by atoms with van der Waals surface area (Å²) < 4.78 is 132. The van der Waals surface area contributed by atoms with Crippen molar-refractivity contribution >= 4 is 26.3 Å². The first kappa shape index (κ1) is 26.6. The smallest absolute Gasteiger partial charge is 0.444 e. The van der Waals surface area contributed by atoms with Gasteiger partial charge in [-0.05, 0) is 38.5 Å². The summed E-state index contributed by atoms with van der Waals surface area (Å²) in [7, 11) is -12.8. The van der Waals surface area contributed by atoms with Gasteiger partial charge in [-0.1, -0.05) is 6.07 Å². The van der Waals surface area contributed by atoms with Gasteiger partial charge in [-0.15, -0.1) is 0 Å². The maximum absolute atomic E-state index is 12.6. The number of ether oxygens (including phenoxy) is 1. The van der Waals surface area contributed by atoms with Crippen LogP contribution in [0.2, 0.25) is 0 Å². The number of rotatable bonds is 6. The molecule has 0 heterocycles. The van der Waals surface area contributed by atoms with Gasteiger partial charge in [0.15, 0.2) is 11.5 Å². The lowest BCUT2D eigenvalue weighted by Gasteiger charge is -2.20. The Morgan fingerprint density at radius 1 is 0.871 bits per heavy atom. The normalized spacial score (nSPS) is 13.5. The number of hydrogen-bond acceptors (Lipinski definition) is 8. The van der Waals surface area contributed by atoms with Crippen molar-refractivity contribution in [2.45, 2.75) is 43.9 Å². The molecular weight excluding hydrogens is 488 g/mol. The first-order valence-corrected chi connectivity index (χ1v) is 10.6. The highest BCUT2D eigenvalue weighted by atomic mass is 32.2. The highest BCUT2D eigenvalue weighted by Crippen LogP contribution is 2.37. The average molecular weight is 503 g/mol. The SMILES string of the molecule is CC(C)(C)OC(=O)NCc1ccc(OS(=O)(=O)C(F)(F)F)c(OS(=O)(=O)C(F)(F)F)c1. The Kier molecular flexibility index (Phi) is 7.38. The van der Waals surface area contributed by atoms with E-state index < -0.39 is 61.0 Å². The van der Waals surface area contributed by atoms with Crippen LogP contribution in [0, 0.1) is 0 Å². The molecule has 31 heavy (non-hydrogen) atoms. The van der Waals surface area contributed by atoms with Crippen LogP contribution in [0.15, 0.2) is 18.2 Å². The highest BCUT2D eigenvalue weighted by Gasteiger charge is 2.51. The zero-order valence-electron chi connectivity index (χ0n) is 15.8. The number of alkyl carbamates (subject to hydrolysis) is 1. The second-order valence-corrected chi connectivity index (χ2v) is 9.68. The molecule has 1 aromatic rings. The van der Waals surface area contributed by atoms with Gasteiger partial charge in [0.1, 0.15) is 5.60 Å². The van der Waals surface area contributed by atoms with Gasteiger partial charge in [-0.2, -0.15) is 43.2 Å². The number of alkyl halides is 6. The van der Waals surface area contributed by atoms with Gasteiger partial charge in [0.25, 0.3) is 0 Å². The van der Waals surface area contributed by atoms with Gasteiger partial charge < -0.3 is 18.4 Å². The first-order valence-electron chi connectivity index (χ1n) is 7.76. The van der Waals surface area contributed by atoms with Crippen molar-refractivity contribution in [2.75, 3.05) is 0 Å². The standard InChI is InChI=1S/C14H15F6NO8S2/c1-12(2,3)27-11(22)21-7-8-4-5-9(28-30(23,24)13(15,16)17)10(6-8)29-31(25,26)14(18,19)20/h4-6H,7H2,1-3H3,(H,21,22). The molecule has 0 spiro atoms. The molecule has 0 radical (unpaired) electrons. The number of hydrogen-bond donors (Lipinski definition) is 1. The van der Waals surface area contributed by atoms with Crippen LogP contribution >= 0.6 is 0 Å². The lowest BCUT2D eigenvalue weighted by Crippen LogP contribution is -2.32. The van der Waals surface area contributed by atoms with Crippen molar-refractivity contribution in [1.29, 1.82) is 0 Å². The maximum atomic E-state index is 12.6. The Hall–Kier alpha value is -2.43. The fourth-order valence-electron chi connectivity index (χ4n) is 1.62. The lowest BCUT2D eigenvalue weighted by atomic mass is 10.2. The Labute approximate surface area is 172 Å². The summed E-state index contributed by atoms with van der Waals surface area (Å²) in [5, 5.41) is 2.14. The summed E-state index contributed by atoms with van der Waals surface area (Å²) in [6.45, 7) is 4.05. The molecule has 0 aromatic heterocycles. The molecule has 0 atom stereocenters. The van der Waals surface area contributed by atoms with E-state index in [1.54, 1.807) is 0 Å². The van der Waals surface area contributed by atoms with Crippen molar-refractivity contribution in [3.8, 4) is 11.5 Å². The van der Waals surface area contributed by atoms with Crippen LogP contribution in [-0.2, 0) is 31.5 Å². The maximum Gasteiger partial charge on any atom is 0.534 e. The van der Waals surface area contributed by atoms with Crippen LogP contribution in [-0.4, -0.2) is 39.5 Å². The second-order valence-electron chi connectivity index (χ2n) is 6.60. The van der Waals surface area contributed by atoms with Crippen molar-refractivity contribution in [3.63, 3.8) is 0 Å². The number of halogens is 6. The van der Waals surface area contributed by atoms with Crippen molar-refractivity contribution in [2.24, 2.45) is 0 Å². The largest absolute Gasteiger partial charge is 0.534 e. The van der Waals surface area contributed by atoms with E-state index >= 15 is 0 Å². The average Bonchev–Trinajstić information content (AvgIpc) is 2.50. The summed E-state index contributed by atoms with van der Waals surface area (Å²) >= 11 is 0. The van der Waals surface area contributed by atoms with E-state index in [-0.39, 0.29) is 5.56 Å². The summed E-state index contributed by atoms with van der Waals surface area (Å²) in [6.07, 6.45) is -0.988. The zero-order chi connectivity index (χ0) is 24.5. The predicted octanol–water partition coefficient (Wildman–Crippen LogP) is 3.17. The van der Waals surface area contributed by atoms with Crippen LogP contribution in [0.1, 0.15) is 26.3 Å². The number of nitrogens with one attached hydrogen (secondary N) is 1. The quantitative estimate of drug-likeness (QED) is 0.357. The zero-order valence-corrected chi connectivity index (χ0v) is 17.4. The van der Waals surface area contributed by atoms with E-state index in [1.807, 2.05) is 0 Å². The third-order valence-electron chi connectivity index (χ3n) is 2.81. The molecule has 17 heteroatoms. The third-order valence-corrected chi connectivity index (χ3v) is 4.74. The minimum absolute atomic E-state index is 0.199. The number of carbonyl (C=O) groups excluding carboxylic acids is 1. The Bertz CT molecular complexity index is 1030. The number of benzene rings is 1. The van der Waals surface area contributed by atoms with Gasteiger partial charge in [0.2, 0.25) is 0 Å². The Balaban J connectivity index is 3.29. The molecule has 9 nitrogen and oxygen atoms in total. The lowest BCUT2D eigenvalue weighted by molar-refractivity contribution is -0.0513. The molecule has 1 aromatic carbocycles. The van der Waals surface area contributed by atoms with Gasteiger partial charge in [-0.25, -0.2) is 4.79 Å². The monoisotopic (exact) mass is 503 g/mol. The van der Waals surface area contributed by atoms with Crippen molar-refractivity contribution in [1.82, 2.24) is 5.32 Å². The topological polar surface area (TPSA) is 125 Å². The molecule has 0 bridgehead atoms. The van der Waals surface area contributed by atoms with E-state index in [0.29, 0.717) is 12.1 Å². The first-order chi connectivity index (χ1) is 13.6. The molecule has 1 amide bonds. The molecule has 0 aliphatic carbocycles. The van der Waals surface area contributed by atoms with Gasteiger partial charge in [0.05, 0.1) is 0 Å². The van der Waals surface area contributed by atoms with E-state index in [4.69, 9.17) is 4.74 Å². The highest BCUT2D eigenvalue weighted by molar-refractivity contribution is 7.88. The van der Waals surface area contributed by atoms with Crippen LogP contribution in [0.3, 0.4) is 0 Å². The molecule has 0 fully saturated rings. The molecule has 178 valence electrons. The Morgan fingerprint density at radius 3 is 1.74 bits per heavy atom. The summed E-state index contributed by atoms with van der Waals surface area (Å²) in [5.74, 6) is -3.01. The molecule has 0 unspecified atom stereocenters. The van der Waals surface area contributed by atoms with Gasteiger partial charge >= 0.3 is 37.3 Å². The fraction of sp³-hybridized carbons (Fsp3) is 0.500. The molecule has 0 aliphatic rings. The summed E-state index contributed by atoms with van der Waals surface area (Å²) in [4.78, 5) is 11.6. The molecular formula is C14H15F6NO8S2. The van der Waals surface area contributed by atoms with Crippen molar-refractivity contribution in [3.05, 3.63) is 23.8 Å². The molecule has 0 aliphatic heterocycles. The van der Waals surface area contributed by atoms with Crippen LogP contribution in [0.25, 0.3) is 0 Å². The Morgan fingerprint density at radius 2 is 1.32 bits per heavy atom. The van der Waals surface area contributed by atoms with Crippen LogP contribution in [0.4, 0.5) is 31.1 Å². The van der Waals surface area contributed by atoms with Crippen LogP contribution < -0.4 is 13.7 Å². The van der Waals surface area contributed by atoms with Gasteiger partial charge in [-0.3, -0.25) is 0 Å². The predicted molar refractivity (Wildman–Crippen MR) is 90.7 cm³/mol. The van der Waals surface area contributed by atoms with Crippen LogP contribution in [0.5, 0.6) is 11.5 Å². The van der Waals surface area contributed by atoms with Crippen molar-refractivity contribution < 1.29 is 61.1 Å². The van der Waals surface area contributed by atoms with Gasteiger partial charge in [0, 0.05) is 6.54 Å². The van der Waals surface area contributed by atoms with E-state index in [0.717, 1.165) is 6.07 Å². The summed E-state index contributed by atoms with van der Waals surface area (Å²) in [6, 6.07) is 1.68. The third kappa shape index (κ3) is 7.64. The fourth-order valence-corrected chi connectivity index (χ4v) is 2.55. The molecule has 0 saturated heterocycles. The van der Waals surface area contributed by atoms with E-state index in [1.165, 1.54) is 20.8 Å².